The molecule has 1 aliphatic rings. The van der Waals surface area contributed by atoms with Crippen molar-refractivity contribution in [2.24, 2.45) is 0 Å². The molecule has 1 fully saturated rings. The van der Waals surface area contributed by atoms with E-state index in [1.54, 1.807) is 16.7 Å². The molecule has 3 amide bonds. The molecule has 126 valence electrons. The molecule has 0 bridgehead atoms. The Bertz CT molecular complexity index is 539. The third-order valence-electron chi connectivity index (χ3n) is 3.66. The molecular weight excluding hydrogens is 334 g/mol. The van der Waals surface area contributed by atoms with Crippen molar-refractivity contribution in [3.8, 4) is 0 Å². The lowest BCUT2D eigenvalue weighted by Crippen LogP contribution is -2.59. The largest absolute Gasteiger partial charge is 0.353 e. The highest BCUT2D eigenvalue weighted by Crippen LogP contribution is 2.20. The molecule has 1 atom stereocenters. The Labute approximate surface area is 146 Å². The number of amides is 3. The van der Waals surface area contributed by atoms with E-state index in [1.807, 2.05) is 31.2 Å². The minimum absolute atomic E-state index is 0.0628. The third kappa shape index (κ3) is 5.32. The van der Waals surface area contributed by atoms with Gasteiger partial charge in [-0.05, 0) is 42.9 Å². The van der Waals surface area contributed by atoms with Gasteiger partial charge in [-0.1, -0.05) is 18.5 Å². The van der Waals surface area contributed by atoms with Crippen LogP contribution in [0.4, 0.5) is 4.79 Å². The fraction of sp³-hybridized carbons (Fsp3) is 0.500. The van der Waals surface area contributed by atoms with Crippen molar-refractivity contribution in [1.29, 1.82) is 0 Å². The quantitative estimate of drug-likeness (QED) is 0.609. The number of carbonyl (C=O) groups excluding carboxylic acids is 2. The van der Waals surface area contributed by atoms with Gasteiger partial charge in [0.15, 0.2) is 0 Å². The zero-order valence-corrected chi connectivity index (χ0v) is 14.8. The van der Waals surface area contributed by atoms with E-state index in [1.165, 1.54) is 4.90 Å². The second-order valence-corrected chi connectivity index (χ2v) is 6.90. The zero-order valence-electron chi connectivity index (χ0n) is 13.2. The summed E-state index contributed by atoms with van der Waals surface area (Å²) in [6, 6.07) is 7.22. The molecule has 7 heteroatoms. The number of hydrogen-bond donors (Lipinski definition) is 2. The predicted molar refractivity (Wildman–Crippen MR) is 94.0 cm³/mol. The van der Waals surface area contributed by atoms with E-state index in [-0.39, 0.29) is 18.0 Å². The number of nitrogens with one attached hydrogen (secondary N) is 2. The summed E-state index contributed by atoms with van der Waals surface area (Å²) in [6.45, 7) is 3.61. The van der Waals surface area contributed by atoms with Gasteiger partial charge in [0.1, 0.15) is 6.04 Å². The van der Waals surface area contributed by atoms with Crippen LogP contribution in [0.3, 0.4) is 0 Å². The molecule has 0 aliphatic carbocycles. The second kappa shape index (κ2) is 9.03. The number of urea groups is 1. The molecule has 1 aliphatic heterocycles. The van der Waals surface area contributed by atoms with Crippen LogP contribution < -0.4 is 10.6 Å². The van der Waals surface area contributed by atoms with Gasteiger partial charge in [-0.2, -0.15) is 0 Å². The monoisotopic (exact) mass is 355 g/mol. The molecule has 1 heterocycles. The maximum Gasteiger partial charge on any atom is 0.318 e. The Morgan fingerprint density at radius 3 is 2.87 bits per heavy atom. The zero-order chi connectivity index (χ0) is 16.7. The lowest BCUT2D eigenvalue weighted by Gasteiger charge is -2.34. The highest BCUT2D eigenvalue weighted by molar-refractivity contribution is 7.99. The lowest BCUT2D eigenvalue weighted by molar-refractivity contribution is -0.127. The topological polar surface area (TPSA) is 61.4 Å². The molecule has 0 unspecified atom stereocenters. The van der Waals surface area contributed by atoms with Gasteiger partial charge in [-0.25, -0.2) is 4.79 Å². The van der Waals surface area contributed by atoms with Crippen LogP contribution >= 0.6 is 23.4 Å². The normalized spacial score (nSPS) is 17.7. The number of rotatable bonds is 6. The van der Waals surface area contributed by atoms with Gasteiger partial charge in [0, 0.05) is 29.6 Å². The third-order valence-corrected chi connectivity index (χ3v) is 5.01. The first-order chi connectivity index (χ1) is 11.1. The predicted octanol–water partition coefficient (Wildman–Crippen LogP) is 2.74. The van der Waals surface area contributed by atoms with Gasteiger partial charge in [0.25, 0.3) is 0 Å². The number of halogens is 1. The van der Waals surface area contributed by atoms with Crippen LogP contribution in [0, 0.1) is 0 Å². The minimum Gasteiger partial charge on any atom is -0.353 e. The summed E-state index contributed by atoms with van der Waals surface area (Å²) < 4.78 is 0. The molecule has 2 N–H and O–H groups in total. The van der Waals surface area contributed by atoms with Gasteiger partial charge in [-0.15, -0.1) is 11.8 Å². The standard InChI is InChI=1S/C16H22ClN3O2S/c1-2-14-15(21)18-9-10-20(14)16(22)19-8-3-11-23-13-6-4-12(17)5-7-13/h4-7,14H,2-3,8-11H2,1H3,(H,18,21)(H,19,22)/t14-/m1/s1. The SMILES string of the molecule is CC[C@@H]1C(=O)NCCN1C(=O)NCCCSc1ccc(Cl)cc1. The number of thioether (sulfide) groups is 1. The molecule has 0 spiro atoms. The first-order valence-corrected chi connectivity index (χ1v) is 9.18. The molecule has 1 saturated heterocycles. The van der Waals surface area contributed by atoms with Gasteiger partial charge in [0.2, 0.25) is 5.91 Å². The van der Waals surface area contributed by atoms with E-state index >= 15 is 0 Å². The van der Waals surface area contributed by atoms with Crippen LogP contribution in [0.15, 0.2) is 29.2 Å². The van der Waals surface area contributed by atoms with Crippen LogP contribution in [0.1, 0.15) is 19.8 Å². The molecule has 0 radical (unpaired) electrons. The van der Waals surface area contributed by atoms with E-state index in [0.717, 1.165) is 17.2 Å². The van der Waals surface area contributed by atoms with Crippen LogP contribution in [0.2, 0.25) is 5.02 Å². The van der Waals surface area contributed by atoms with Crippen LogP contribution in [0.5, 0.6) is 0 Å². The average molecular weight is 356 g/mol. The van der Waals surface area contributed by atoms with Crippen LogP contribution in [-0.2, 0) is 4.79 Å². The molecule has 0 saturated carbocycles. The summed E-state index contributed by atoms with van der Waals surface area (Å²) in [5.41, 5.74) is 0. The van der Waals surface area contributed by atoms with Gasteiger partial charge < -0.3 is 15.5 Å². The lowest BCUT2D eigenvalue weighted by atomic mass is 10.1. The first kappa shape index (κ1) is 17.9. The van der Waals surface area contributed by atoms with Crippen molar-refractivity contribution in [1.82, 2.24) is 15.5 Å². The number of piperazine rings is 1. The van der Waals surface area contributed by atoms with Crippen molar-refractivity contribution >= 4 is 35.3 Å². The van der Waals surface area contributed by atoms with Gasteiger partial charge in [-0.3, -0.25) is 4.79 Å². The van der Waals surface area contributed by atoms with Crippen molar-refractivity contribution in [2.45, 2.75) is 30.7 Å². The summed E-state index contributed by atoms with van der Waals surface area (Å²) in [7, 11) is 0. The summed E-state index contributed by atoms with van der Waals surface area (Å²) in [5, 5.41) is 6.43. The maximum atomic E-state index is 12.2. The van der Waals surface area contributed by atoms with E-state index in [2.05, 4.69) is 10.6 Å². The summed E-state index contributed by atoms with van der Waals surface area (Å²) >= 11 is 7.58. The Morgan fingerprint density at radius 2 is 2.17 bits per heavy atom. The summed E-state index contributed by atoms with van der Waals surface area (Å²) in [6.07, 6.45) is 1.50. The van der Waals surface area contributed by atoms with Crippen molar-refractivity contribution in [3.05, 3.63) is 29.3 Å². The molecule has 1 aromatic carbocycles. The molecular formula is C16H22ClN3O2S. The summed E-state index contributed by atoms with van der Waals surface area (Å²) in [4.78, 5) is 26.7. The van der Waals surface area contributed by atoms with E-state index in [9.17, 15) is 9.59 Å². The minimum atomic E-state index is -0.354. The van der Waals surface area contributed by atoms with E-state index < -0.39 is 0 Å². The van der Waals surface area contributed by atoms with Crippen molar-refractivity contribution in [3.63, 3.8) is 0 Å². The van der Waals surface area contributed by atoms with Gasteiger partial charge >= 0.3 is 6.03 Å². The molecule has 5 nitrogen and oxygen atoms in total. The average Bonchev–Trinajstić information content (AvgIpc) is 2.55. The maximum absolute atomic E-state index is 12.2. The van der Waals surface area contributed by atoms with E-state index in [0.29, 0.717) is 26.1 Å². The molecule has 23 heavy (non-hydrogen) atoms. The smallest absolute Gasteiger partial charge is 0.318 e. The van der Waals surface area contributed by atoms with Gasteiger partial charge in [0.05, 0.1) is 0 Å². The number of nitrogens with zero attached hydrogens (tertiary/aromatic N) is 1. The number of benzene rings is 1. The van der Waals surface area contributed by atoms with Crippen LogP contribution in [-0.4, -0.2) is 48.3 Å². The summed E-state index contributed by atoms with van der Waals surface area (Å²) in [5.74, 6) is 0.853. The fourth-order valence-corrected chi connectivity index (χ4v) is 3.43. The Kier molecular flexibility index (Phi) is 7.05. The number of hydrogen-bond acceptors (Lipinski definition) is 3. The Balaban J connectivity index is 1.68. The Hall–Kier alpha value is -1.40. The molecule has 1 aromatic rings. The van der Waals surface area contributed by atoms with E-state index in [4.69, 9.17) is 11.6 Å². The van der Waals surface area contributed by atoms with Crippen molar-refractivity contribution < 1.29 is 9.59 Å². The van der Waals surface area contributed by atoms with Crippen LogP contribution in [0.25, 0.3) is 0 Å². The van der Waals surface area contributed by atoms with Crippen molar-refractivity contribution in [2.75, 3.05) is 25.4 Å². The highest BCUT2D eigenvalue weighted by Gasteiger charge is 2.31. The molecule has 0 aromatic heterocycles. The second-order valence-electron chi connectivity index (χ2n) is 5.30. The molecule has 2 rings (SSSR count). The fourth-order valence-electron chi connectivity index (χ4n) is 2.45. The Morgan fingerprint density at radius 1 is 1.43 bits per heavy atom. The highest BCUT2D eigenvalue weighted by atomic mass is 35.5. The number of carbonyl (C=O) groups is 2. The first-order valence-electron chi connectivity index (χ1n) is 7.82.